The summed E-state index contributed by atoms with van der Waals surface area (Å²) in [5.41, 5.74) is 0.731. The summed E-state index contributed by atoms with van der Waals surface area (Å²) in [5, 5.41) is 6.47. The normalized spacial score (nSPS) is 29.2. The van der Waals surface area contributed by atoms with Crippen LogP contribution in [0.25, 0.3) is 0 Å². The second kappa shape index (κ2) is 9.33. The summed E-state index contributed by atoms with van der Waals surface area (Å²) < 4.78 is 0. The van der Waals surface area contributed by atoms with Gasteiger partial charge in [0.1, 0.15) is 0 Å². The molecular weight excluding hydrogens is 392 g/mol. The molecule has 0 saturated heterocycles. The summed E-state index contributed by atoms with van der Waals surface area (Å²) in [7, 11) is 0. The Morgan fingerprint density at radius 1 is 1.07 bits per heavy atom. The van der Waals surface area contributed by atoms with Crippen molar-refractivity contribution in [1.82, 2.24) is 10.6 Å². The molecule has 4 fully saturated rings. The van der Waals surface area contributed by atoms with E-state index in [0.717, 1.165) is 35.5 Å². The van der Waals surface area contributed by atoms with Crippen molar-refractivity contribution in [3.63, 3.8) is 0 Å². The number of hydrogen-bond acceptors (Lipinski definition) is 3. The van der Waals surface area contributed by atoms with E-state index in [-0.39, 0.29) is 17.4 Å². The fourth-order valence-corrected chi connectivity index (χ4v) is 7.18. The summed E-state index contributed by atoms with van der Waals surface area (Å²) in [6.07, 6.45) is 9.75. The Hall–Kier alpha value is -1.49. The smallest absolute Gasteiger partial charge is 0.252 e. The lowest BCUT2D eigenvalue weighted by atomic mass is 9.53. The monoisotopic (exact) mass is 428 g/mol. The number of thioether (sulfide) groups is 1. The maximum absolute atomic E-state index is 12.8. The van der Waals surface area contributed by atoms with Crippen LogP contribution in [0, 0.1) is 23.7 Å². The predicted molar refractivity (Wildman–Crippen MR) is 123 cm³/mol. The summed E-state index contributed by atoms with van der Waals surface area (Å²) in [6, 6.07) is 7.64. The first kappa shape index (κ1) is 21.7. The average Bonchev–Trinajstić information content (AvgIpc) is 2.68. The summed E-state index contributed by atoms with van der Waals surface area (Å²) in [5.74, 6) is 3.58. The molecule has 5 rings (SSSR count). The predicted octanol–water partition coefficient (Wildman–Crippen LogP) is 5.03. The topological polar surface area (TPSA) is 58.2 Å². The summed E-state index contributed by atoms with van der Waals surface area (Å²) in [4.78, 5) is 26.3. The van der Waals surface area contributed by atoms with E-state index in [1.165, 1.54) is 50.3 Å². The molecule has 0 spiro atoms. The molecule has 0 atom stereocenters. The summed E-state index contributed by atoms with van der Waals surface area (Å²) in [6.45, 7) is 5.09. The maximum atomic E-state index is 12.8. The molecule has 164 valence electrons. The number of rotatable bonds is 9. The van der Waals surface area contributed by atoms with E-state index < -0.39 is 0 Å². The SMILES string of the molecule is CC(C)CCCNC(=O)c1ccccc1SCC(=O)NC12CC3CC(CC(C3)C1)C2. The minimum Gasteiger partial charge on any atom is -0.352 e. The molecule has 2 amide bonds. The van der Waals surface area contributed by atoms with Gasteiger partial charge in [0, 0.05) is 17.0 Å². The van der Waals surface area contributed by atoms with Crippen LogP contribution in [0.1, 0.15) is 75.6 Å². The number of benzene rings is 1. The lowest BCUT2D eigenvalue weighted by Gasteiger charge is -2.56. The Kier molecular flexibility index (Phi) is 6.76. The Bertz CT molecular complexity index is 741. The van der Waals surface area contributed by atoms with Gasteiger partial charge in [0.2, 0.25) is 5.91 Å². The van der Waals surface area contributed by atoms with Gasteiger partial charge in [0.05, 0.1) is 11.3 Å². The van der Waals surface area contributed by atoms with Gasteiger partial charge in [0.25, 0.3) is 5.91 Å². The van der Waals surface area contributed by atoms with E-state index in [1.807, 2.05) is 24.3 Å². The Morgan fingerprint density at radius 2 is 1.70 bits per heavy atom. The van der Waals surface area contributed by atoms with E-state index in [4.69, 9.17) is 0 Å². The van der Waals surface area contributed by atoms with Gasteiger partial charge >= 0.3 is 0 Å². The lowest BCUT2D eigenvalue weighted by Crippen LogP contribution is -2.60. The first-order valence-corrected chi connectivity index (χ1v) is 12.7. The highest BCUT2D eigenvalue weighted by molar-refractivity contribution is 8.00. The van der Waals surface area contributed by atoms with Gasteiger partial charge in [-0.05, 0) is 87.2 Å². The molecule has 0 aliphatic heterocycles. The molecule has 0 aromatic heterocycles. The van der Waals surface area contributed by atoms with E-state index in [9.17, 15) is 9.59 Å². The number of amides is 2. The third-order valence-electron chi connectivity index (χ3n) is 7.18. The third kappa shape index (κ3) is 5.22. The van der Waals surface area contributed by atoms with Crippen LogP contribution < -0.4 is 10.6 Å². The molecule has 0 heterocycles. The van der Waals surface area contributed by atoms with Crippen molar-refractivity contribution in [2.75, 3.05) is 12.3 Å². The zero-order chi connectivity index (χ0) is 21.1. The van der Waals surface area contributed by atoms with Crippen molar-refractivity contribution >= 4 is 23.6 Å². The van der Waals surface area contributed by atoms with Crippen LogP contribution in [0.2, 0.25) is 0 Å². The lowest BCUT2D eigenvalue weighted by molar-refractivity contribution is -0.124. The van der Waals surface area contributed by atoms with Gasteiger partial charge in [-0.2, -0.15) is 0 Å². The molecular formula is C25H36N2O2S. The number of carbonyl (C=O) groups is 2. The van der Waals surface area contributed by atoms with E-state index >= 15 is 0 Å². The van der Waals surface area contributed by atoms with E-state index in [1.54, 1.807) is 0 Å². The van der Waals surface area contributed by atoms with Crippen LogP contribution in [0.5, 0.6) is 0 Å². The second-order valence-corrected chi connectivity index (χ2v) is 11.3. The van der Waals surface area contributed by atoms with Crippen molar-refractivity contribution in [1.29, 1.82) is 0 Å². The fraction of sp³-hybridized carbons (Fsp3) is 0.680. The molecule has 5 heteroatoms. The standard InChI is InChI=1S/C25H36N2O2S/c1-17(2)6-5-9-26-24(29)21-7-3-4-8-22(21)30-16-23(28)27-25-13-18-10-19(14-25)12-20(11-18)15-25/h3-4,7-8,17-20H,5-6,9-16H2,1-2H3,(H,26,29)(H,27,28). The molecule has 30 heavy (non-hydrogen) atoms. The highest BCUT2D eigenvalue weighted by Gasteiger charge is 2.51. The zero-order valence-corrected chi connectivity index (χ0v) is 19.2. The quantitative estimate of drug-likeness (QED) is 0.428. The Labute approximate surface area is 185 Å². The van der Waals surface area contributed by atoms with Crippen molar-refractivity contribution in [3.05, 3.63) is 29.8 Å². The van der Waals surface area contributed by atoms with E-state index in [0.29, 0.717) is 23.8 Å². The van der Waals surface area contributed by atoms with Gasteiger partial charge in [-0.3, -0.25) is 9.59 Å². The van der Waals surface area contributed by atoms with Crippen LogP contribution in [-0.2, 0) is 4.79 Å². The first-order chi connectivity index (χ1) is 14.4. The summed E-state index contributed by atoms with van der Waals surface area (Å²) >= 11 is 1.48. The molecule has 4 aliphatic rings. The molecule has 1 aromatic carbocycles. The maximum Gasteiger partial charge on any atom is 0.252 e. The largest absolute Gasteiger partial charge is 0.352 e. The van der Waals surface area contributed by atoms with Crippen molar-refractivity contribution in [2.45, 2.75) is 75.6 Å². The van der Waals surface area contributed by atoms with E-state index in [2.05, 4.69) is 24.5 Å². The number of nitrogens with one attached hydrogen (secondary N) is 2. The molecule has 4 aliphatic carbocycles. The van der Waals surface area contributed by atoms with Crippen molar-refractivity contribution in [2.24, 2.45) is 23.7 Å². The van der Waals surface area contributed by atoms with Crippen LogP contribution in [0.15, 0.2) is 29.2 Å². The van der Waals surface area contributed by atoms with Crippen LogP contribution in [-0.4, -0.2) is 29.7 Å². The number of carbonyl (C=O) groups excluding carboxylic acids is 2. The highest BCUT2D eigenvalue weighted by Crippen LogP contribution is 2.55. The molecule has 2 N–H and O–H groups in total. The first-order valence-electron chi connectivity index (χ1n) is 11.7. The molecule has 4 saturated carbocycles. The van der Waals surface area contributed by atoms with Crippen molar-refractivity contribution in [3.8, 4) is 0 Å². The van der Waals surface area contributed by atoms with Gasteiger partial charge in [0.15, 0.2) is 0 Å². The average molecular weight is 429 g/mol. The minimum absolute atomic E-state index is 0.0386. The van der Waals surface area contributed by atoms with Gasteiger partial charge in [-0.1, -0.05) is 26.0 Å². The second-order valence-electron chi connectivity index (χ2n) is 10.3. The van der Waals surface area contributed by atoms with Gasteiger partial charge in [-0.15, -0.1) is 11.8 Å². The Morgan fingerprint density at radius 3 is 2.33 bits per heavy atom. The Balaban J connectivity index is 1.30. The van der Waals surface area contributed by atoms with Crippen LogP contribution >= 0.6 is 11.8 Å². The molecule has 0 unspecified atom stereocenters. The third-order valence-corrected chi connectivity index (χ3v) is 8.25. The van der Waals surface area contributed by atoms with Crippen LogP contribution in [0.4, 0.5) is 0 Å². The molecule has 0 radical (unpaired) electrons. The minimum atomic E-state index is -0.0386. The molecule has 4 bridgehead atoms. The van der Waals surface area contributed by atoms with Crippen LogP contribution in [0.3, 0.4) is 0 Å². The number of hydrogen-bond donors (Lipinski definition) is 2. The van der Waals surface area contributed by atoms with Gasteiger partial charge in [-0.25, -0.2) is 0 Å². The molecule has 1 aromatic rings. The van der Waals surface area contributed by atoms with Gasteiger partial charge < -0.3 is 10.6 Å². The van der Waals surface area contributed by atoms with Crippen molar-refractivity contribution < 1.29 is 9.59 Å². The molecule has 4 nitrogen and oxygen atoms in total. The highest BCUT2D eigenvalue weighted by atomic mass is 32.2. The fourth-order valence-electron chi connectivity index (χ4n) is 6.33. The zero-order valence-electron chi connectivity index (χ0n) is 18.4.